The molecule has 2 unspecified atom stereocenters. The highest BCUT2D eigenvalue weighted by molar-refractivity contribution is 5.62. The van der Waals surface area contributed by atoms with E-state index in [1.165, 1.54) is 11.1 Å². The van der Waals surface area contributed by atoms with Crippen LogP contribution in [0, 0.1) is 5.92 Å². The van der Waals surface area contributed by atoms with Crippen LogP contribution in [0.2, 0.25) is 0 Å². The molecule has 0 radical (unpaired) electrons. The Kier molecular flexibility index (Phi) is 5.90. The van der Waals surface area contributed by atoms with Crippen molar-refractivity contribution in [1.82, 2.24) is 10.3 Å². The molecule has 1 heterocycles. The number of nitrogens with zero attached hydrogens (tertiary/aromatic N) is 1. The smallest absolute Gasteiger partial charge is 0.0515 e. The van der Waals surface area contributed by atoms with Crippen LogP contribution in [0.15, 0.2) is 48.8 Å². The minimum atomic E-state index is -0.226. The van der Waals surface area contributed by atoms with Crippen LogP contribution in [0.1, 0.15) is 25.8 Å². The second kappa shape index (κ2) is 7.91. The van der Waals surface area contributed by atoms with Gasteiger partial charge in [0.1, 0.15) is 0 Å². The van der Waals surface area contributed by atoms with Crippen LogP contribution in [-0.2, 0) is 6.54 Å². The lowest BCUT2D eigenvalue weighted by molar-refractivity contribution is 0.163. The average Bonchev–Trinajstić information content (AvgIpc) is 2.48. The molecule has 1 aromatic carbocycles. The Bertz CT molecular complexity index is 540. The van der Waals surface area contributed by atoms with Gasteiger partial charge in [0.15, 0.2) is 0 Å². The van der Waals surface area contributed by atoms with Crippen molar-refractivity contribution in [1.29, 1.82) is 0 Å². The zero-order valence-corrected chi connectivity index (χ0v) is 12.8. The summed E-state index contributed by atoms with van der Waals surface area (Å²) >= 11 is 0. The number of aromatic nitrogens is 1. The fraction of sp³-hybridized carbons (Fsp3) is 0.389. The molecule has 0 aliphatic rings. The summed E-state index contributed by atoms with van der Waals surface area (Å²) in [4.78, 5) is 4.16. The monoisotopic (exact) mass is 284 g/mol. The van der Waals surface area contributed by atoms with Crippen molar-refractivity contribution in [2.45, 2.75) is 32.9 Å². The first-order valence-corrected chi connectivity index (χ1v) is 7.53. The lowest BCUT2D eigenvalue weighted by atomic mass is 10.0. The van der Waals surface area contributed by atoms with Crippen molar-refractivity contribution >= 4 is 0 Å². The molecule has 2 atom stereocenters. The number of rotatable bonds is 7. The highest BCUT2D eigenvalue weighted by Gasteiger charge is 2.06. The van der Waals surface area contributed by atoms with E-state index in [1.54, 1.807) is 6.20 Å². The molecule has 2 aromatic rings. The van der Waals surface area contributed by atoms with Gasteiger partial charge in [-0.1, -0.05) is 31.2 Å². The summed E-state index contributed by atoms with van der Waals surface area (Å²) in [5.74, 6) is 0.478. The van der Waals surface area contributed by atoms with Crippen molar-refractivity contribution in [2.24, 2.45) is 5.92 Å². The van der Waals surface area contributed by atoms with Crippen molar-refractivity contribution in [3.8, 4) is 11.1 Å². The minimum Gasteiger partial charge on any atom is -0.393 e. The number of pyridine rings is 1. The molecular formula is C18H24N2O. The molecule has 0 amide bonds. The van der Waals surface area contributed by atoms with E-state index < -0.39 is 0 Å². The molecule has 1 aromatic heterocycles. The molecule has 112 valence electrons. The van der Waals surface area contributed by atoms with E-state index in [9.17, 15) is 5.11 Å². The van der Waals surface area contributed by atoms with E-state index in [0.717, 1.165) is 25.1 Å². The lowest BCUT2D eigenvalue weighted by Gasteiger charge is -2.14. The van der Waals surface area contributed by atoms with Crippen LogP contribution in [0.25, 0.3) is 11.1 Å². The number of aliphatic hydroxyl groups is 1. The molecule has 0 saturated carbocycles. The van der Waals surface area contributed by atoms with Crippen LogP contribution in [-0.4, -0.2) is 22.7 Å². The summed E-state index contributed by atoms with van der Waals surface area (Å²) in [5.41, 5.74) is 3.60. The van der Waals surface area contributed by atoms with Crippen LogP contribution in [0.3, 0.4) is 0 Å². The van der Waals surface area contributed by atoms with Gasteiger partial charge in [-0.15, -0.1) is 0 Å². The van der Waals surface area contributed by atoms with Crippen LogP contribution < -0.4 is 5.32 Å². The van der Waals surface area contributed by atoms with Gasteiger partial charge in [-0.2, -0.15) is 0 Å². The largest absolute Gasteiger partial charge is 0.393 e. The van der Waals surface area contributed by atoms with Gasteiger partial charge in [-0.05, 0) is 54.6 Å². The Morgan fingerprint density at radius 1 is 1.14 bits per heavy atom. The molecule has 0 aliphatic heterocycles. The van der Waals surface area contributed by atoms with E-state index in [1.807, 2.05) is 19.2 Å². The lowest BCUT2D eigenvalue weighted by Crippen LogP contribution is -2.23. The third-order valence-electron chi connectivity index (χ3n) is 3.49. The number of hydrogen-bond donors (Lipinski definition) is 2. The molecule has 3 nitrogen and oxygen atoms in total. The van der Waals surface area contributed by atoms with E-state index >= 15 is 0 Å². The highest BCUT2D eigenvalue weighted by Crippen LogP contribution is 2.19. The quantitative estimate of drug-likeness (QED) is 0.820. The third-order valence-corrected chi connectivity index (χ3v) is 3.49. The van der Waals surface area contributed by atoms with E-state index in [0.29, 0.717) is 5.92 Å². The second-order valence-electron chi connectivity index (χ2n) is 5.76. The first kappa shape index (κ1) is 15.7. The molecule has 2 rings (SSSR count). The summed E-state index contributed by atoms with van der Waals surface area (Å²) < 4.78 is 0. The Hall–Kier alpha value is -1.71. The molecule has 0 bridgehead atoms. The Labute approximate surface area is 127 Å². The molecule has 0 aliphatic carbocycles. The molecule has 3 heteroatoms. The van der Waals surface area contributed by atoms with Gasteiger partial charge in [0.05, 0.1) is 6.10 Å². The minimum absolute atomic E-state index is 0.226. The van der Waals surface area contributed by atoms with Crippen molar-refractivity contribution in [2.75, 3.05) is 6.54 Å². The maximum Gasteiger partial charge on any atom is 0.0515 e. The van der Waals surface area contributed by atoms with Gasteiger partial charge in [0, 0.05) is 18.9 Å². The Morgan fingerprint density at radius 3 is 2.67 bits per heavy atom. The topological polar surface area (TPSA) is 45.1 Å². The van der Waals surface area contributed by atoms with Crippen LogP contribution in [0.5, 0.6) is 0 Å². The predicted octanol–water partition coefficient (Wildman–Crippen LogP) is 3.25. The molecule has 0 saturated heterocycles. The van der Waals surface area contributed by atoms with Crippen LogP contribution in [0.4, 0.5) is 0 Å². The third kappa shape index (κ3) is 5.29. The van der Waals surface area contributed by atoms with Gasteiger partial charge < -0.3 is 10.4 Å². The van der Waals surface area contributed by atoms with Gasteiger partial charge in [0.2, 0.25) is 0 Å². The summed E-state index contributed by atoms with van der Waals surface area (Å²) in [7, 11) is 0. The first-order valence-electron chi connectivity index (χ1n) is 7.53. The summed E-state index contributed by atoms with van der Waals surface area (Å²) in [5, 5.41) is 12.8. The predicted molar refractivity (Wildman–Crippen MR) is 86.8 cm³/mol. The zero-order valence-electron chi connectivity index (χ0n) is 12.8. The average molecular weight is 284 g/mol. The fourth-order valence-electron chi connectivity index (χ4n) is 2.52. The summed E-state index contributed by atoms with van der Waals surface area (Å²) in [6.07, 6.45) is 4.29. The molecule has 21 heavy (non-hydrogen) atoms. The summed E-state index contributed by atoms with van der Waals surface area (Å²) in [6, 6.07) is 12.5. The van der Waals surface area contributed by atoms with Crippen molar-refractivity contribution < 1.29 is 5.11 Å². The summed E-state index contributed by atoms with van der Waals surface area (Å²) in [6.45, 7) is 5.76. The Balaban J connectivity index is 1.90. The maximum absolute atomic E-state index is 9.37. The first-order chi connectivity index (χ1) is 10.1. The normalized spacial score (nSPS) is 13.9. The highest BCUT2D eigenvalue weighted by atomic mass is 16.3. The SMILES string of the molecule is CC(O)CC(C)CNCc1cccc(-c2cccnc2)c1. The molecule has 0 spiro atoms. The maximum atomic E-state index is 9.37. The van der Waals surface area contributed by atoms with Gasteiger partial charge in [0.25, 0.3) is 0 Å². The zero-order chi connectivity index (χ0) is 15.1. The Morgan fingerprint density at radius 2 is 1.95 bits per heavy atom. The van der Waals surface area contributed by atoms with Gasteiger partial charge >= 0.3 is 0 Å². The van der Waals surface area contributed by atoms with Crippen molar-refractivity contribution in [3.05, 3.63) is 54.4 Å². The second-order valence-corrected chi connectivity index (χ2v) is 5.76. The molecular weight excluding hydrogens is 260 g/mol. The van der Waals surface area contributed by atoms with Crippen molar-refractivity contribution in [3.63, 3.8) is 0 Å². The standard InChI is InChI=1S/C18H24N2O/c1-14(9-15(2)21)11-20-12-16-5-3-6-17(10-16)18-7-4-8-19-13-18/h3-8,10,13-15,20-21H,9,11-12H2,1-2H3. The van der Waals surface area contributed by atoms with E-state index in [-0.39, 0.29) is 6.10 Å². The number of nitrogens with one attached hydrogen (secondary N) is 1. The fourth-order valence-corrected chi connectivity index (χ4v) is 2.52. The number of benzene rings is 1. The van der Waals surface area contributed by atoms with Gasteiger partial charge in [-0.3, -0.25) is 4.98 Å². The number of hydrogen-bond acceptors (Lipinski definition) is 3. The molecule has 0 fully saturated rings. The van der Waals surface area contributed by atoms with Gasteiger partial charge in [-0.25, -0.2) is 0 Å². The van der Waals surface area contributed by atoms with E-state index in [4.69, 9.17) is 0 Å². The van der Waals surface area contributed by atoms with E-state index in [2.05, 4.69) is 47.6 Å². The van der Waals surface area contributed by atoms with Crippen LogP contribution >= 0.6 is 0 Å². The molecule has 2 N–H and O–H groups in total. The number of aliphatic hydroxyl groups excluding tert-OH is 1.